The van der Waals surface area contributed by atoms with Crippen molar-refractivity contribution in [1.82, 2.24) is 19.9 Å². The maximum atomic E-state index is 6.00. The quantitative estimate of drug-likeness (QED) is 0.161. The highest BCUT2D eigenvalue weighted by molar-refractivity contribution is 9.10. The zero-order chi connectivity index (χ0) is 43.9. The highest BCUT2D eigenvalue weighted by Gasteiger charge is 2.52. The average Bonchev–Trinajstić information content (AvgIpc) is 3.50. The van der Waals surface area contributed by atoms with Crippen molar-refractivity contribution >= 4 is 74.9 Å². The first kappa shape index (κ1) is 47.3. The lowest BCUT2D eigenvalue weighted by Crippen LogP contribution is -2.46. The molecule has 0 amide bonds. The zero-order valence-electron chi connectivity index (χ0n) is 36.3. The van der Waals surface area contributed by atoms with E-state index < -0.39 is 0 Å². The predicted octanol–water partition coefficient (Wildman–Crippen LogP) is 6.10. The fourth-order valence-electron chi connectivity index (χ4n) is 7.82. The Morgan fingerprint density at radius 2 is 1.10 bits per heavy atom. The van der Waals surface area contributed by atoms with E-state index in [9.17, 15) is 0 Å². The summed E-state index contributed by atoms with van der Waals surface area (Å²) >= 11 is 3.51. The monoisotopic (exact) mass is 926 g/mol. The molecule has 8 N–H and O–H groups in total. The second kappa shape index (κ2) is 21.0. The molecule has 0 atom stereocenters. The van der Waals surface area contributed by atoms with Crippen LogP contribution in [0.5, 0.6) is 0 Å². The van der Waals surface area contributed by atoms with Crippen LogP contribution in [0.2, 0.25) is 0 Å². The molecule has 2 aromatic heterocycles. The van der Waals surface area contributed by atoms with Crippen LogP contribution in [-0.4, -0.2) is 117 Å². The van der Waals surface area contributed by atoms with Gasteiger partial charge in [-0.25, -0.2) is 9.97 Å². The van der Waals surface area contributed by atoms with Gasteiger partial charge in [0.25, 0.3) is 0 Å². The molecular formula is C45H64BBrN12O4. The first-order valence-corrected chi connectivity index (χ1v) is 22.1. The minimum atomic E-state index is -0.239. The molecule has 9 rings (SSSR count). The summed E-state index contributed by atoms with van der Waals surface area (Å²) in [5.41, 5.74) is 30.7. The van der Waals surface area contributed by atoms with Gasteiger partial charge in [-0.1, -0.05) is 53.7 Å². The van der Waals surface area contributed by atoms with Crippen LogP contribution in [0.3, 0.4) is 0 Å². The van der Waals surface area contributed by atoms with Gasteiger partial charge >= 0.3 is 7.12 Å². The fourth-order valence-corrected chi connectivity index (χ4v) is 8.21. The Balaban J connectivity index is 0.000000162. The van der Waals surface area contributed by atoms with E-state index in [1.807, 2.05) is 6.07 Å². The SMILES string of the molecule is C.CC1(C)OB(C2=CCOCC2)OC1(C)C.Nc1ncc(N2CCN(c3cccc(Br)c3)CC2)c(N)n1.Nc1ncc(N2CCN(c3cccc(C4=CCOCC4)c3)CC2)c(N)n1. The molecule has 5 aliphatic heterocycles. The molecule has 3 saturated heterocycles. The number of aromatic nitrogens is 4. The van der Waals surface area contributed by atoms with E-state index in [1.165, 1.54) is 28.0 Å². The van der Waals surface area contributed by atoms with E-state index in [2.05, 4.69) is 138 Å². The number of rotatable bonds is 6. The van der Waals surface area contributed by atoms with Crippen LogP contribution in [-0.2, 0) is 18.8 Å². The lowest BCUT2D eigenvalue weighted by Gasteiger charge is -2.37. The van der Waals surface area contributed by atoms with Crippen LogP contribution >= 0.6 is 15.9 Å². The molecule has 7 heterocycles. The third-order valence-electron chi connectivity index (χ3n) is 12.1. The highest BCUT2D eigenvalue weighted by Crippen LogP contribution is 2.39. The molecule has 0 unspecified atom stereocenters. The van der Waals surface area contributed by atoms with Gasteiger partial charge in [0, 0.05) is 68.2 Å². The van der Waals surface area contributed by atoms with Gasteiger partial charge in [-0.05, 0) is 87.5 Å². The van der Waals surface area contributed by atoms with Gasteiger partial charge in [0.2, 0.25) is 11.9 Å². The number of hydrogen-bond acceptors (Lipinski definition) is 16. The van der Waals surface area contributed by atoms with Gasteiger partial charge in [-0.15, -0.1) is 0 Å². The summed E-state index contributed by atoms with van der Waals surface area (Å²) in [5, 5.41) is 0. The number of nitrogens with zero attached hydrogens (tertiary/aromatic N) is 8. The van der Waals surface area contributed by atoms with E-state index in [1.54, 1.807) is 12.4 Å². The molecule has 18 heteroatoms. The molecule has 2 aromatic carbocycles. The van der Waals surface area contributed by atoms with Crippen LogP contribution in [0.25, 0.3) is 5.57 Å². The van der Waals surface area contributed by atoms with Crippen LogP contribution < -0.4 is 42.5 Å². The fraction of sp³-hybridized carbons (Fsp3) is 0.467. The lowest BCUT2D eigenvalue weighted by molar-refractivity contribution is 0.00578. The summed E-state index contributed by atoms with van der Waals surface area (Å²) in [7, 11) is -0.182. The molecule has 0 spiro atoms. The maximum absolute atomic E-state index is 6.00. The molecule has 5 aliphatic rings. The molecule has 0 saturated carbocycles. The summed E-state index contributed by atoms with van der Waals surface area (Å²) < 4.78 is 23.7. The van der Waals surface area contributed by atoms with Crippen LogP contribution in [0, 0.1) is 0 Å². The topological polar surface area (TPSA) is 206 Å². The van der Waals surface area contributed by atoms with Gasteiger partial charge < -0.3 is 61.3 Å². The first-order valence-electron chi connectivity index (χ1n) is 21.3. The number of benzene rings is 2. The first-order chi connectivity index (χ1) is 29.8. The molecule has 16 nitrogen and oxygen atoms in total. The summed E-state index contributed by atoms with van der Waals surface area (Å²) in [5.74, 6) is 1.31. The van der Waals surface area contributed by atoms with Gasteiger partial charge in [-0.3, -0.25) is 0 Å². The lowest BCUT2D eigenvalue weighted by atomic mass is 9.75. The summed E-state index contributed by atoms with van der Waals surface area (Å²) in [6, 6.07) is 17.1. The highest BCUT2D eigenvalue weighted by atomic mass is 79.9. The van der Waals surface area contributed by atoms with Crippen molar-refractivity contribution in [2.75, 3.05) is 121 Å². The maximum Gasteiger partial charge on any atom is 0.490 e. The van der Waals surface area contributed by atoms with E-state index in [0.717, 1.165) is 94.3 Å². The largest absolute Gasteiger partial charge is 0.490 e. The summed E-state index contributed by atoms with van der Waals surface area (Å²) in [6.45, 7) is 18.5. The van der Waals surface area contributed by atoms with Crippen molar-refractivity contribution in [3.63, 3.8) is 0 Å². The van der Waals surface area contributed by atoms with Gasteiger partial charge in [-0.2, -0.15) is 9.97 Å². The smallest absolute Gasteiger partial charge is 0.400 e. The standard InChI is InChI=1S/C19H24N6O.C14H17BrN6.C11H19BO3.CH4/c20-18-17(13-22-19(21)23-18)25-8-6-24(7-9-25)16-3-1-2-15(12-16)14-4-10-26-11-5-14;15-10-2-1-3-11(8-10)20-4-6-21(7-5-20)12-9-18-14(17)19-13(12)16;1-10(2)11(3,4)15-12(14-10)9-5-7-13-8-6-9;/h1-4,12-13H,5-11H2,(H4,20,21,22,23);1-3,8-9H,4-7H2,(H4,16,17,18,19);5H,6-8H2,1-4H3;1H4. The van der Waals surface area contributed by atoms with Gasteiger partial charge in [0.1, 0.15) is 0 Å². The summed E-state index contributed by atoms with van der Waals surface area (Å²) in [6.07, 6.45) is 9.57. The zero-order valence-corrected chi connectivity index (χ0v) is 37.9. The van der Waals surface area contributed by atoms with Gasteiger partial charge in [0.05, 0.1) is 61.4 Å². The number of nitrogen functional groups attached to an aromatic ring is 4. The van der Waals surface area contributed by atoms with Crippen LogP contribution in [0.4, 0.5) is 46.3 Å². The van der Waals surface area contributed by atoms with Crippen LogP contribution in [0.1, 0.15) is 53.5 Å². The van der Waals surface area contributed by atoms with Crippen molar-refractivity contribution in [2.24, 2.45) is 0 Å². The molecule has 0 radical (unpaired) electrons. The Labute approximate surface area is 381 Å². The van der Waals surface area contributed by atoms with E-state index in [0.29, 0.717) is 24.8 Å². The molecule has 0 bridgehead atoms. The molecule has 338 valence electrons. The second-order valence-corrected chi connectivity index (χ2v) is 17.6. The van der Waals surface area contributed by atoms with E-state index in [-0.39, 0.29) is 37.6 Å². The molecule has 3 fully saturated rings. The average molecular weight is 928 g/mol. The minimum Gasteiger partial charge on any atom is -0.400 e. The van der Waals surface area contributed by atoms with Crippen molar-refractivity contribution in [3.05, 3.63) is 88.6 Å². The molecule has 0 aliphatic carbocycles. The van der Waals surface area contributed by atoms with Crippen LogP contribution in [0.15, 0.2) is 83.0 Å². The molecular weight excluding hydrogens is 863 g/mol. The second-order valence-electron chi connectivity index (χ2n) is 16.7. The Kier molecular flexibility index (Phi) is 15.8. The molecule has 63 heavy (non-hydrogen) atoms. The van der Waals surface area contributed by atoms with Crippen molar-refractivity contribution in [2.45, 2.75) is 59.2 Å². The Morgan fingerprint density at radius 1 is 0.619 bits per heavy atom. The van der Waals surface area contributed by atoms with Crippen molar-refractivity contribution < 1.29 is 18.8 Å². The number of hydrogen-bond donors (Lipinski definition) is 4. The Morgan fingerprint density at radius 3 is 1.56 bits per heavy atom. The number of anilines is 8. The third-order valence-corrected chi connectivity index (χ3v) is 12.6. The number of piperazine rings is 2. The number of nitrogens with two attached hydrogens (primary N) is 4. The van der Waals surface area contributed by atoms with Crippen molar-refractivity contribution in [3.8, 4) is 0 Å². The number of ether oxygens (including phenoxy) is 2. The Bertz CT molecular complexity index is 2200. The summed E-state index contributed by atoms with van der Waals surface area (Å²) in [4.78, 5) is 25.4. The number of halogens is 1. The third kappa shape index (κ3) is 11.9. The predicted molar refractivity (Wildman–Crippen MR) is 261 cm³/mol. The van der Waals surface area contributed by atoms with Crippen molar-refractivity contribution in [1.29, 1.82) is 0 Å². The van der Waals surface area contributed by atoms with E-state index >= 15 is 0 Å². The van der Waals surface area contributed by atoms with Gasteiger partial charge in [0.15, 0.2) is 11.6 Å². The van der Waals surface area contributed by atoms with E-state index in [4.69, 9.17) is 41.7 Å². The normalized spacial score (nSPS) is 19.4. The minimum absolute atomic E-state index is 0. The molecule has 4 aromatic rings. The Hall–Kier alpha value is -5.14.